The third kappa shape index (κ3) is 4.67. The number of hydrogen-bond donors (Lipinski definition) is 2. The molecule has 1 amide bonds. The zero-order chi connectivity index (χ0) is 22.8. The molecule has 1 fully saturated rings. The van der Waals surface area contributed by atoms with E-state index in [2.05, 4.69) is 10.3 Å². The normalized spacial score (nSPS) is 17.4. The van der Waals surface area contributed by atoms with Crippen molar-refractivity contribution in [1.29, 1.82) is 0 Å². The predicted molar refractivity (Wildman–Crippen MR) is 118 cm³/mol. The van der Waals surface area contributed by atoms with Crippen molar-refractivity contribution < 1.29 is 22.7 Å². The number of esters is 1. The van der Waals surface area contributed by atoms with Crippen LogP contribution < -0.4 is 5.32 Å². The molecule has 1 aliphatic heterocycles. The highest BCUT2D eigenvalue weighted by molar-refractivity contribution is 7.89. The van der Waals surface area contributed by atoms with E-state index in [0.717, 1.165) is 5.56 Å². The number of aromatic nitrogens is 1. The van der Waals surface area contributed by atoms with E-state index in [-0.39, 0.29) is 29.5 Å². The van der Waals surface area contributed by atoms with Crippen LogP contribution in [-0.4, -0.2) is 49.3 Å². The number of ether oxygens (including phenoxy) is 1. The molecule has 8 nitrogen and oxygen atoms in total. The Labute approximate surface area is 183 Å². The minimum absolute atomic E-state index is 0.0332. The molecule has 1 unspecified atom stereocenters. The Kier molecular flexibility index (Phi) is 6.86. The van der Waals surface area contributed by atoms with Crippen LogP contribution in [0.4, 0.5) is 5.69 Å². The monoisotopic (exact) mass is 447 g/mol. The Morgan fingerprint density at radius 2 is 1.90 bits per heavy atom. The highest BCUT2D eigenvalue weighted by Crippen LogP contribution is 2.31. The van der Waals surface area contributed by atoms with Crippen LogP contribution in [-0.2, 0) is 19.6 Å². The molecule has 0 spiro atoms. The maximum atomic E-state index is 13.5. The first-order valence-electron chi connectivity index (χ1n) is 10.4. The number of aryl methyl sites for hydroxylation is 3. The number of carbonyl (C=O) groups excluding carboxylic acids is 2. The molecular weight excluding hydrogens is 418 g/mol. The predicted octanol–water partition coefficient (Wildman–Crippen LogP) is 3.16. The molecule has 1 aliphatic rings. The lowest BCUT2D eigenvalue weighted by molar-refractivity contribution is -0.120. The van der Waals surface area contributed by atoms with Crippen LogP contribution in [0.15, 0.2) is 29.2 Å². The summed E-state index contributed by atoms with van der Waals surface area (Å²) in [6.45, 7) is 7.34. The Morgan fingerprint density at radius 3 is 2.58 bits per heavy atom. The molecular formula is C22H29N3O5S. The smallest absolute Gasteiger partial charge is 0.341 e. The third-order valence-corrected chi connectivity index (χ3v) is 7.59. The van der Waals surface area contributed by atoms with E-state index in [1.165, 1.54) is 4.31 Å². The summed E-state index contributed by atoms with van der Waals surface area (Å²) in [7, 11) is -3.99. The molecule has 9 heteroatoms. The van der Waals surface area contributed by atoms with Gasteiger partial charge in [0, 0.05) is 30.2 Å². The number of hydrogen-bond acceptors (Lipinski definition) is 5. The van der Waals surface area contributed by atoms with Crippen LogP contribution in [0.2, 0.25) is 0 Å². The van der Waals surface area contributed by atoms with E-state index in [4.69, 9.17) is 4.74 Å². The molecule has 1 saturated heterocycles. The van der Waals surface area contributed by atoms with Gasteiger partial charge in [0.05, 0.1) is 12.5 Å². The van der Waals surface area contributed by atoms with Gasteiger partial charge in [-0.1, -0.05) is 18.2 Å². The molecule has 168 valence electrons. The summed E-state index contributed by atoms with van der Waals surface area (Å²) in [6.07, 6.45) is 1.15. The topological polar surface area (TPSA) is 109 Å². The number of benzene rings is 1. The van der Waals surface area contributed by atoms with E-state index < -0.39 is 21.9 Å². The quantitative estimate of drug-likeness (QED) is 0.661. The fourth-order valence-corrected chi connectivity index (χ4v) is 5.92. The highest BCUT2D eigenvalue weighted by atomic mass is 32.2. The standard InChI is InChI=1S/C22H29N3O5S/c1-5-30-22(27)19-15(3)23-16(4)20(19)31(28,29)25-12-8-10-17(13-25)21(26)24-18-11-7-6-9-14(18)2/h6-7,9,11,17,23H,5,8,10,12-13H2,1-4H3,(H,24,26). The van der Waals surface area contributed by atoms with Gasteiger partial charge in [-0.2, -0.15) is 4.31 Å². The fraction of sp³-hybridized carbons (Fsp3) is 0.455. The number of carbonyl (C=O) groups is 2. The van der Waals surface area contributed by atoms with Crippen molar-refractivity contribution in [3.63, 3.8) is 0 Å². The van der Waals surface area contributed by atoms with E-state index in [0.29, 0.717) is 36.5 Å². The van der Waals surface area contributed by atoms with Crippen LogP contribution in [0.25, 0.3) is 0 Å². The number of sulfonamides is 1. The summed E-state index contributed by atoms with van der Waals surface area (Å²) in [5.74, 6) is -1.36. The maximum absolute atomic E-state index is 13.5. The fourth-order valence-electron chi connectivity index (χ4n) is 3.98. The molecule has 0 bridgehead atoms. The highest BCUT2D eigenvalue weighted by Gasteiger charge is 2.38. The molecule has 31 heavy (non-hydrogen) atoms. The molecule has 2 heterocycles. The number of nitrogens with one attached hydrogen (secondary N) is 2. The molecule has 3 rings (SSSR count). The lowest BCUT2D eigenvalue weighted by atomic mass is 9.98. The summed E-state index contributed by atoms with van der Waals surface area (Å²) in [6, 6.07) is 7.46. The SMILES string of the molecule is CCOC(=O)c1c(C)[nH]c(C)c1S(=O)(=O)N1CCCC(C(=O)Nc2ccccc2C)C1. The van der Waals surface area contributed by atoms with Gasteiger partial charge in [0.1, 0.15) is 10.5 Å². The van der Waals surface area contributed by atoms with Crippen LogP contribution in [0.3, 0.4) is 0 Å². The van der Waals surface area contributed by atoms with E-state index in [1.54, 1.807) is 20.8 Å². The minimum atomic E-state index is -3.99. The average molecular weight is 448 g/mol. The zero-order valence-electron chi connectivity index (χ0n) is 18.3. The Hall–Kier alpha value is -2.65. The van der Waals surface area contributed by atoms with Crippen molar-refractivity contribution >= 4 is 27.6 Å². The second-order valence-corrected chi connectivity index (χ2v) is 9.68. The summed E-state index contributed by atoms with van der Waals surface area (Å²) < 4.78 is 33.4. The van der Waals surface area contributed by atoms with Crippen molar-refractivity contribution in [2.45, 2.75) is 45.4 Å². The van der Waals surface area contributed by atoms with E-state index >= 15 is 0 Å². The molecule has 2 N–H and O–H groups in total. The van der Waals surface area contributed by atoms with Gasteiger partial charge >= 0.3 is 5.97 Å². The number of piperidine rings is 1. The summed E-state index contributed by atoms with van der Waals surface area (Å²) in [5.41, 5.74) is 2.51. The molecule has 1 atom stereocenters. The number of aromatic amines is 1. The summed E-state index contributed by atoms with van der Waals surface area (Å²) in [4.78, 5) is 28.2. The number of para-hydroxylation sites is 1. The third-order valence-electron chi connectivity index (χ3n) is 5.55. The van der Waals surface area contributed by atoms with E-state index in [9.17, 15) is 18.0 Å². The van der Waals surface area contributed by atoms with E-state index in [1.807, 2.05) is 31.2 Å². The Morgan fingerprint density at radius 1 is 1.19 bits per heavy atom. The van der Waals surface area contributed by atoms with Gasteiger partial charge in [-0.25, -0.2) is 13.2 Å². The lowest BCUT2D eigenvalue weighted by Gasteiger charge is -2.31. The van der Waals surface area contributed by atoms with Crippen molar-refractivity contribution in [3.8, 4) is 0 Å². The molecule has 0 aliphatic carbocycles. The zero-order valence-corrected chi connectivity index (χ0v) is 19.1. The van der Waals surface area contributed by atoms with Crippen molar-refractivity contribution in [1.82, 2.24) is 9.29 Å². The minimum Gasteiger partial charge on any atom is -0.462 e. The van der Waals surface area contributed by atoms with Gasteiger partial charge < -0.3 is 15.0 Å². The van der Waals surface area contributed by atoms with Gasteiger partial charge in [0.15, 0.2) is 0 Å². The largest absolute Gasteiger partial charge is 0.462 e. The Bertz CT molecular complexity index is 1090. The molecule has 0 saturated carbocycles. The summed E-state index contributed by atoms with van der Waals surface area (Å²) in [5, 5.41) is 2.91. The maximum Gasteiger partial charge on any atom is 0.341 e. The number of nitrogens with zero attached hydrogens (tertiary/aromatic N) is 1. The number of H-pyrrole nitrogens is 1. The van der Waals surface area contributed by atoms with Crippen molar-refractivity contribution in [3.05, 3.63) is 46.8 Å². The second-order valence-electron chi connectivity index (χ2n) is 7.81. The van der Waals surface area contributed by atoms with Gasteiger partial charge in [-0.05, 0) is 52.2 Å². The van der Waals surface area contributed by atoms with Crippen LogP contribution in [0.5, 0.6) is 0 Å². The van der Waals surface area contributed by atoms with Crippen LogP contribution in [0.1, 0.15) is 47.1 Å². The van der Waals surface area contributed by atoms with Crippen molar-refractivity contribution in [2.24, 2.45) is 5.92 Å². The molecule has 1 aromatic carbocycles. The first-order chi connectivity index (χ1) is 14.7. The Balaban J connectivity index is 1.85. The molecule has 1 aromatic heterocycles. The van der Waals surface area contributed by atoms with Gasteiger partial charge in [0.25, 0.3) is 0 Å². The van der Waals surface area contributed by atoms with Gasteiger partial charge in [0.2, 0.25) is 15.9 Å². The number of amides is 1. The first-order valence-corrected chi connectivity index (χ1v) is 11.8. The first kappa shape index (κ1) is 23.0. The number of anilines is 1. The summed E-state index contributed by atoms with van der Waals surface area (Å²) >= 11 is 0. The van der Waals surface area contributed by atoms with Crippen molar-refractivity contribution in [2.75, 3.05) is 25.0 Å². The lowest BCUT2D eigenvalue weighted by Crippen LogP contribution is -2.44. The van der Waals surface area contributed by atoms with Crippen LogP contribution in [0, 0.1) is 26.7 Å². The van der Waals surface area contributed by atoms with Gasteiger partial charge in [-0.15, -0.1) is 0 Å². The van der Waals surface area contributed by atoms with Crippen LogP contribution >= 0.6 is 0 Å². The van der Waals surface area contributed by atoms with Gasteiger partial charge in [-0.3, -0.25) is 4.79 Å². The number of rotatable bonds is 6. The second kappa shape index (κ2) is 9.23. The molecule has 2 aromatic rings. The average Bonchev–Trinajstić information content (AvgIpc) is 3.04. The molecule has 0 radical (unpaired) electrons.